The van der Waals surface area contributed by atoms with Crippen LogP contribution in [0.4, 0.5) is 5.69 Å². The Hall–Kier alpha value is -3.04. The lowest BCUT2D eigenvalue weighted by molar-refractivity contribution is -0.384. The van der Waals surface area contributed by atoms with Crippen molar-refractivity contribution in [3.05, 3.63) is 81.9 Å². The molecule has 0 bridgehead atoms. The molecule has 1 atom stereocenters. The van der Waals surface area contributed by atoms with E-state index in [-0.39, 0.29) is 29.1 Å². The minimum absolute atomic E-state index is 0.00679. The Balaban J connectivity index is 2.04. The van der Waals surface area contributed by atoms with Gasteiger partial charge in [-0.1, -0.05) is 36.4 Å². The standard InChI is InChI=1S/C18H16N2O6S/c21-18(22)14-6-11-17(13-4-2-1-3-5-13)19(12-14)27(25,26)16-9-7-15(8-10-16)20(23)24/h1-10,17H,11-12H2,(H,21,22)/t17-/m1/s1. The first-order valence-corrected chi connectivity index (χ1v) is 9.48. The number of benzene rings is 2. The van der Waals surface area contributed by atoms with Crippen LogP contribution in [-0.2, 0) is 14.8 Å². The van der Waals surface area contributed by atoms with Crippen LogP contribution < -0.4 is 0 Å². The molecule has 1 aliphatic rings. The van der Waals surface area contributed by atoms with Crippen molar-refractivity contribution in [1.82, 2.24) is 4.31 Å². The smallest absolute Gasteiger partial charge is 0.332 e. The Bertz CT molecular complexity index is 1000. The molecule has 0 unspecified atom stereocenters. The topological polar surface area (TPSA) is 118 Å². The van der Waals surface area contributed by atoms with E-state index in [1.807, 2.05) is 0 Å². The highest BCUT2D eigenvalue weighted by Crippen LogP contribution is 2.35. The molecule has 1 aliphatic heterocycles. The van der Waals surface area contributed by atoms with Crippen LogP contribution in [0.25, 0.3) is 0 Å². The fourth-order valence-electron chi connectivity index (χ4n) is 2.97. The number of nitro benzene ring substituents is 1. The number of nitro groups is 1. The molecular weight excluding hydrogens is 372 g/mol. The van der Waals surface area contributed by atoms with E-state index in [1.54, 1.807) is 30.3 Å². The lowest BCUT2D eigenvalue weighted by atomic mass is 9.98. The number of hydrogen-bond donors (Lipinski definition) is 1. The molecule has 0 radical (unpaired) electrons. The van der Waals surface area contributed by atoms with Crippen LogP contribution in [0, 0.1) is 10.1 Å². The first kappa shape index (κ1) is 18.7. The third-order valence-corrected chi connectivity index (χ3v) is 6.24. The molecule has 140 valence electrons. The van der Waals surface area contributed by atoms with Crippen LogP contribution in [0.15, 0.2) is 71.1 Å². The molecule has 1 heterocycles. The van der Waals surface area contributed by atoms with Gasteiger partial charge in [0.15, 0.2) is 0 Å². The monoisotopic (exact) mass is 388 g/mol. The molecule has 0 fully saturated rings. The summed E-state index contributed by atoms with van der Waals surface area (Å²) in [6.45, 7) is -0.284. The van der Waals surface area contributed by atoms with Gasteiger partial charge in [0.25, 0.3) is 5.69 Å². The average Bonchev–Trinajstić information content (AvgIpc) is 2.68. The number of hydrogen-bond acceptors (Lipinski definition) is 5. The second-order valence-electron chi connectivity index (χ2n) is 6.00. The number of carboxylic acids is 1. The van der Waals surface area contributed by atoms with Crippen molar-refractivity contribution in [3.8, 4) is 0 Å². The van der Waals surface area contributed by atoms with Gasteiger partial charge in [0, 0.05) is 24.3 Å². The minimum Gasteiger partial charge on any atom is -0.478 e. The molecule has 8 nitrogen and oxygen atoms in total. The maximum absolute atomic E-state index is 13.2. The Labute approximate surface area is 155 Å². The molecule has 0 aliphatic carbocycles. The Morgan fingerprint density at radius 2 is 1.74 bits per heavy atom. The van der Waals surface area contributed by atoms with E-state index < -0.39 is 27.0 Å². The lowest BCUT2D eigenvalue weighted by Crippen LogP contribution is -2.39. The zero-order valence-corrected chi connectivity index (χ0v) is 14.9. The predicted octanol–water partition coefficient (Wildman–Crippen LogP) is 2.74. The van der Waals surface area contributed by atoms with E-state index in [0.29, 0.717) is 0 Å². The largest absolute Gasteiger partial charge is 0.478 e. The normalized spacial score (nSPS) is 17.9. The van der Waals surface area contributed by atoms with Crippen LogP contribution in [0.1, 0.15) is 18.0 Å². The Morgan fingerprint density at radius 1 is 1.11 bits per heavy atom. The summed E-state index contributed by atoms with van der Waals surface area (Å²) in [7, 11) is -4.06. The SMILES string of the molecule is O=C(O)C1=CC[C@H](c2ccccc2)N(S(=O)(=O)c2ccc([N+](=O)[O-])cc2)C1. The van der Waals surface area contributed by atoms with E-state index >= 15 is 0 Å². The fraction of sp³-hybridized carbons (Fsp3) is 0.167. The van der Waals surface area contributed by atoms with Crippen molar-refractivity contribution in [2.24, 2.45) is 0 Å². The van der Waals surface area contributed by atoms with Gasteiger partial charge >= 0.3 is 5.97 Å². The zero-order valence-electron chi connectivity index (χ0n) is 14.1. The molecule has 0 aromatic heterocycles. The van der Waals surface area contributed by atoms with Gasteiger partial charge in [0.2, 0.25) is 10.0 Å². The lowest BCUT2D eigenvalue weighted by Gasteiger charge is -2.34. The van der Waals surface area contributed by atoms with Gasteiger partial charge in [0.05, 0.1) is 15.9 Å². The summed E-state index contributed by atoms with van der Waals surface area (Å²) >= 11 is 0. The Kier molecular flexibility index (Phi) is 5.06. The van der Waals surface area contributed by atoms with Gasteiger partial charge in [-0.2, -0.15) is 4.31 Å². The van der Waals surface area contributed by atoms with Gasteiger partial charge in [-0.15, -0.1) is 0 Å². The molecule has 2 aromatic carbocycles. The molecule has 0 spiro atoms. The third-order valence-electron chi connectivity index (χ3n) is 4.37. The first-order valence-electron chi connectivity index (χ1n) is 8.04. The maximum Gasteiger partial charge on any atom is 0.332 e. The quantitative estimate of drug-likeness (QED) is 0.621. The molecule has 2 aromatic rings. The zero-order chi connectivity index (χ0) is 19.6. The minimum atomic E-state index is -4.06. The Morgan fingerprint density at radius 3 is 2.30 bits per heavy atom. The molecule has 9 heteroatoms. The first-order chi connectivity index (χ1) is 12.8. The van der Waals surface area contributed by atoms with Crippen LogP contribution in [0.2, 0.25) is 0 Å². The second kappa shape index (κ2) is 7.29. The molecule has 0 amide bonds. The summed E-state index contributed by atoms with van der Waals surface area (Å²) in [5.74, 6) is -1.18. The van der Waals surface area contributed by atoms with Gasteiger partial charge in [-0.3, -0.25) is 10.1 Å². The number of non-ortho nitro benzene ring substituents is 1. The molecule has 27 heavy (non-hydrogen) atoms. The van der Waals surface area contributed by atoms with Gasteiger partial charge < -0.3 is 5.11 Å². The van der Waals surface area contributed by atoms with E-state index in [0.717, 1.165) is 34.1 Å². The summed E-state index contributed by atoms with van der Waals surface area (Å²) in [4.78, 5) is 21.4. The van der Waals surface area contributed by atoms with Crippen molar-refractivity contribution in [3.63, 3.8) is 0 Å². The second-order valence-corrected chi connectivity index (χ2v) is 7.89. The fourth-order valence-corrected chi connectivity index (χ4v) is 4.58. The summed E-state index contributed by atoms with van der Waals surface area (Å²) in [5, 5.41) is 20.1. The number of sulfonamides is 1. The maximum atomic E-state index is 13.2. The van der Waals surface area contributed by atoms with Gasteiger partial charge in [0.1, 0.15) is 0 Å². The summed E-state index contributed by atoms with van der Waals surface area (Å²) < 4.78 is 27.4. The average molecular weight is 388 g/mol. The summed E-state index contributed by atoms with van der Waals surface area (Å²) in [6.07, 6.45) is 1.75. The van der Waals surface area contributed by atoms with E-state index in [2.05, 4.69) is 0 Å². The predicted molar refractivity (Wildman–Crippen MR) is 96.5 cm³/mol. The highest BCUT2D eigenvalue weighted by molar-refractivity contribution is 7.89. The van der Waals surface area contributed by atoms with Gasteiger partial charge in [-0.25, -0.2) is 13.2 Å². The number of nitrogens with zero attached hydrogens (tertiary/aromatic N) is 2. The van der Waals surface area contributed by atoms with Crippen LogP contribution >= 0.6 is 0 Å². The van der Waals surface area contributed by atoms with Crippen LogP contribution in [-0.4, -0.2) is 35.3 Å². The molecule has 1 N–H and O–H groups in total. The molecule has 3 rings (SSSR count). The van der Waals surface area contributed by atoms with Crippen molar-refractivity contribution in [2.45, 2.75) is 17.4 Å². The summed E-state index contributed by atoms with van der Waals surface area (Å²) in [6, 6.07) is 12.9. The van der Waals surface area contributed by atoms with Crippen LogP contribution in [0.5, 0.6) is 0 Å². The number of carboxylic acid groups (broad SMARTS) is 1. The van der Waals surface area contributed by atoms with E-state index in [9.17, 15) is 28.4 Å². The van der Waals surface area contributed by atoms with Crippen molar-refractivity contribution < 1.29 is 23.2 Å². The number of aliphatic carboxylic acids is 1. The molecule has 0 saturated carbocycles. The molecule has 0 saturated heterocycles. The number of rotatable bonds is 5. The summed E-state index contributed by atoms with van der Waals surface area (Å²) in [5.41, 5.74) is 0.509. The van der Waals surface area contributed by atoms with E-state index in [1.165, 1.54) is 6.08 Å². The number of carbonyl (C=O) groups is 1. The highest BCUT2D eigenvalue weighted by Gasteiger charge is 2.36. The van der Waals surface area contributed by atoms with Crippen molar-refractivity contribution in [2.75, 3.05) is 6.54 Å². The van der Waals surface area contributed by atoms with E-state index in [4.69, 9.17) is 0 Å². The third kappa shape index (κ3) is 3.74. The van der Waals surface area contributed by atoms with Crippen LogP contribution in [0.3, 0.4) is 0 Å². The van der Waals surface area contributed by atoms with Crippen molar-refractivity contribution >= 4 is 21.7 Å². The highest BCUT2D eigenvalue weighted by atomic mass is 32.2. The van der Waals surface area contributed by atoms with Crippen molar-refractivity contribution in [1.29, 1.82) is 0 Å². The van der Waals surface area contributed by atoms with Gasteiger partial charge in [-0.05, 0) is 24.1 Å². The molecular formula is C18H16N2O6S.